The molecule has 0 unspecified atom stereocenters. The number of nitrogens with one attached hydrogen (secondary N) is 1. The van der Waals surface area contributed by atoms with E-state index < -0.39 is 5.60 Å². The van der Waals surface area contributed by atoms with Crippen molar-refractivity contribution in [3.63, 3.8) is 0 Å². The number of fused-ring (bicyclic) bond motifs is 1. The van der Waals surface area contributed by atoms with Gasteiger partial charge >= 0.3 is 5.69 Å². The van der Waals surface area contributed by atoms with Crippen LogP contribution >= 0.6 is 0 Å². The molecule has 1 fully saturated rings. The molecule has 0 atom stereocenters. The second-order valence-electron chi connectivity index (χ2n) is 5.22. The van der Waals surface area contributed by atoms with E-state index >= 15 is 0 Å². The highest BCUT2D eigenvalue weighted by Gasteiger charge is 2.34. The van der Waals surface area contributed by atoms with Gasteiger partial charge in [-0.3, -0.25) is 9.20 Å². The molecule has 7 nitrogen and oxygen atoms in total. The van der Waals surface area contributed by atoms with Crippen LogP contribution in [0.4, 0.5) is 0 Å². The van der Waals surface area contributed by atoms with Crippen molar-refractivity contribution in [2.45, 2.75) is 31.4 Å². The summed E-state index contributed by atoms with van der Waals surface area (Å²) in [4.78, 5) is 23.8. The second-order valence-corrected chi connectivity index (χ2v) is 5.22. The maximum atomic E-state index is 12.0. The number of amides is 1. The standard InChI is InChI=1S/C13H16N4O3/c18-11(14-9-13(20)5-3-6-13)8-17-12(19)16-7-2-1-4-10(16)15-17/h1-2,4,7,20H,3,5-6,8-9H2,(H,14,18). The molecule has 1 aliphatic rings. The van der Waals surface area contributed by atoms with Crippen LogP contribution in [0.5, 0.6) is 0 Å². The van der Waals surface area contributed by atoms with E-state index in [2.05, 4.69) is 10.4 Å². The van der Waals surface area contributed by atoms with Gasteiger partial charge in [-0.1, -0.05) is 6.07 Å². The lowest BCUT2D eigenvalue weighted by atomic mass is 9.80. The molecule has 1 saturated carbocycles. The van der Waals surface area contributed by atoms with Crippen molar-refractivity contribution in [3.05, 3.63) is 34.9 Å². The molecule has 2 heterocycles. The van der Waals surface area contributed by atoms with Crippen LogP contribution in [0.25, 0.3) is 5.65 Å². The molecule has 0 radical (unpaired) electrons. The Morgan fingerprint density at radius 3 is 2.90 bits per heavy atom. The fourth-order valence-electron chi connectivity index (χ4n) is 2.29. The minimum atomic E-state index is -0.764. The van der Waals surface area contributed by atoms with E-state index in [4.69, 9.17) is 0 Å². The highest BCUT2D eigenvalue weighted by molar-refractivity contribution is 5.75. The van der Waals surface area contributed by atoms with Gasteiger partial charge in [-0.05, 0) is 31.4 Å². The van der Waals surface area contributed by atoms with Crippen molar-refractivity contribution >= 4 is 11.6 Å². The summed E-state index contributed by atoms with van der Waals surface area (Å²) >= 11 is 0. The summed E-state index contributed by atoms with van der Waals surface area (Å²) in [5, 5.41) is 16.6. The average Bonchev–Trinajstić information content (AvgIpc) is 2.72. The molecule has 2 N–H and O–H groups in total. The van der Waals surface area contributed by atoms with E-state index in [1.807, 2.05) is 0 Å². The van der Waals surface area contributed by atoms with Crippen LogP contribution in [0, 0.1) is 0 Å². The zero-order valence-electron chi connectivity index (χ0n) is 11.0. The van der Waals surface area contributed by atoms with Gasteiger partial charge in [-0.25, -0.2) is 9.48 Å². The molecule has 0 bridgehead atoms. The smallest absolute Gasteiger partial charge is 0.350 e. The van der Waals surface area contributed by atoms with Crippen molar-refractivity contribution in [2.75, 3.05) is 6.54 Å². The van der Waals surface area contributed by atoms with E-state index in [9.17, 15) is 14.7 Å². The predicted molar refractivity (Wildman–Crippen MR) is 71.3 cm³/mol. The SMILES string of the molecule is O=C(Cn1nc2ccccn2c1=O)NCC1(O)CCC1. The lowest BCUT2D eigenvalue weighted by Gasteiger charge is -2.36. The van der Waals surface area contributed by atoms with E-state index in [0.29, 0.717) is 18.5 Å². The summed E-state index contributed by atoms with van der Waals surface area (Å²) in [5.41, 5.74) is -0.611. The third-order valence-corrected chi connectivity index (χ3v) is 3.68. The predicted octanol–water partition coefficient (Wildman–Crippen LogP) is -0.473. The Labute approximate surface area is 114 Å². The molecule has 2 aromatic rings. The van der Waals surface area contributed by atoms with Crippen LogP contribution in [0.15, 0.2) is 29.2 Å². The Bertz CT molecular complexity index is 699. The highest BCUT2D eigenvalue weighted by Crippen LogP contribution is 2.30. The van der Waals surface area contributed by atoms with Crippen LogP contribution in [0.1, 0.15) is 19.3 Å². The van der Waals surface area contributed by atoms with Gasteiger partial charge < -0.3 is 10.4 Å². The molecule has 2 aromatic heterocycles. The van der Waals surface area contributed by atoms with Crippen molar-refractivity contribution in [1.29, 1.82) is 0 Å². The molecule has 3 rings (SSSR count). The maximum Gasteiger partial charge on any atom is 0.350 e. The minimum Gasteiger partial charge on any atom is -0.388 e. The largest absolute Gasteiger partial charge is 0.388 e. The zero-order valence-corrected chi connectivity index (χ0v) is 11.0. The lowest BCUT2D eigenvalue weighted by molar-refractivity contribution is -0.124. The summed E-state index contributed by atoms with van der Waals surface area (Å²) in [6, 6.07) is 5.21. The Morgan fingerprint density at radius 2 is 2.25 bits per heavy atom. The lowest BCUT2D eigenvalue weighted by Crippen LogP contribution is -2.48. The molecular weight excluding hydrogens is 260 g/mol. The summed E-state index contributed by atoms with van der Waals surface area (Å²) in [5.74, 6) is -0.323. The van der Waals surface area contributed by atoms with Gasteiger partial charge in [0, 0.05) is 12.7 Å². The second kappa shape index (κ2) is 4.75. The molecular formula is C13H16N4O3. The first-order chi connectivity index (χ1) is 9.57. The number of hydrogen-bond acceptors (Lipinski definition) is 4. The van der Waals surface area contributed by atoms with Gasteiger partial charge in [-0.2, -0.15) is 0 Å². The van der Waals surface area contributed by atoms with Crippen molar-refractivity contribution in [1.82, 2.24) is 19.5 Å². The fraction of sp³-hybridized carbons (Fsp3) is 0.462. The van der Waals surface area contributed by atoms with Gasteiger partial charge in [-0.15, -0.1) is 5.10 Å². The third-order valence-electron chi connectivity index (χ3n) is 3.68. The molecule has 0 spiro atoms. The number of hydrogen-bond donors (Lipinski definition) is 2. The topological polar surface area (TPSA) is 88.6 Å². The van der Waals surface area contributed by atoms with Crippen LogP contribution in [-0.4, -0.2) is 37.3 Å². The average molecular weight is 276 g/mol. The third kappa shape index (κ3) is 2.32. The zero-order chi connectivity index (χ0) is 14.2. The number of pyridine rings is 1. The van der Waals surface area contributed by atoms with E-state index in [1.165, 1.54) is 4.40 Å². The number of aromatic nitrogens is 3. The molecule has 20 heavy (non-hydrogen) atoms. The first-order valence-electron chi connectivity index (χ1n) is 6.61. The fourth-order valence-corrected chi connectivity index (χ4v) is 2.29. The number of carbonyl (C=O) groups is 1. The normalized spacial score (nSPS) is 16.9. The molecule has 1 amide bonds. The van der Waals surface area contributed by atoms with Crippen molar-refractivity contribution in [2.24, 2.45) is 0 Å². The van der Waals surface area contributed by atoms with Gasteiger partial charge in [0.05, 0.1) is 5.60 Å². The number of carbonyl (C=O) groups excluding carboxylic acids is 1. The monoisotopic (exact) mass is 276 g/mol. The summed E-state index contributed by atoms with van der Waals surface area (Å²) in [7, 11) is 0. The molecule has 0 aromatic carbocycles. The van der Waals surface area contributed by atoms with Crippen LogP contribution in [0.2, 0.25) is 0 Å². The van der Waals surface area contributed by atoms with Gasteiger partial charge in [0.15, 0.2) is 5.65 Å². The Kier molecular flexibility index (Phi) is 3.06. The van der Waals surface area contributed by atoms with Crippen LogP contribution < -0.4 is 11.0 Å². The first kappa shape index (κ1) is 12.9. The van der Waals surface area contributed by atoms with Gasteiger partial charge in [0.25, 0.3) is 0 Å². The molecule has 0 saturated heterocycles. The summed E-state index contributed by atoms with van der Waals surface area (Å²) < 4.78 is 2.50. The van der Waals surface area contributed by atoms with E-state index in [0.717, 1.165) is 11.1 Å². The molecule has 7 heteroatoms. The number of nitrogens with zero attached hydrogens (tertiary/aromatic N) is 3. The molecule has 1 aliphatic carbocycles. The quantitative estimate of drug-likeness (QED) is 0.790. The molecule has 106 valence electrons. The Hall–Kier alpha value is -2.15. The van der Waals surface area contributed by atoms with E-state index in [-0.39, 0.29) is 24.7 Å². The molecule has 0 aliphatic heterocycles. The summed E-state index contributed by atoms with van der Waals surface area (Å²) in [6.45, 7) is 0.0878. The maximum absolute atomic E-state index is 12.0. The Balaban J connectivity index is 1.68. The highest BCUT2D eigenvalue weighted by atomic mass is 16.3. The first-order valence-corrected chi connectivity index (χ1v) is 6.61. The van der Waals surface area contributed by atoms with Gasteiger partial charge in [0.2, 0.25) is 5.91 Å². The Morgan fingerprint density at radius 1 is 1.45 bits per heavy atom. The van der Waals surface area contributed by atoms with Gasteiger partial charge in [0.1, 0.15) is 6.54 Å². The summed E-state index contributed by atoms with van der Waals surface area (Å²) in [6.07, 6.45) is 4.01. The number of aliphatic hydroxyl groups is 1. The van der Waals surface area contributed by atoms with Crippen LogP contribution in [-0.2, 0) is 11.3 Å². The van der Waals surface area contributed by atoms with Crippen molar-refractivity contribution in [3.8, 4) is 0 Å². The minimum absolute atomic E-state index is 0.142. The van der Waals surface area contributed by atoms with Crippen LogP contribution in [0.3, 0.4) is 0 Å². The van der Waals surface area contributed by atoms with E-state index in [1.54, 1.807) is 24.4 Å². The van der Waals surface area contributed by atoms with Crippen molar-refractivity contribution < 1.29 is 9.90 Å². The number of rotatable bonds is 4.